The highest BCUT2D eigenvalue weighted by Gasteiger charge is 2.28. The molecule has 0 aliphatic carbocycles. The van der Waals surface area contributed by atoms with Gasteiger partial charge in [0.25, 0.3) is 0 Å². The summed E-state index contributed by atoms with van der Waals surface area (Å²) in [6.45, 7) is 5.44. The second-order valence-electron chi connectivity index (χ2n) is 5.50. The third-order valence-corrected chi connectivity index (χ3v) is 4.24. The van der Waals surface area contributed by atoms with Gasteiger partial charge < -0.3 is 5.73 Å². The van der Waals surface area contributed by atoms with E-state index >= 15 is 0 Å². The molecule has 1 fully saturated rings. The Hall–Kier alpha value is -0.940. The number of hydrogen-bond donors (Lipinski definition) is 1. The summed E-state index contributed by atoms with van der Waals surface area (Å²) in [4.78, 5) is 7.26. The fraction of sp³-hybridized carbons (Fsp3) is 0.846. The third-order valence-electron chi connectivity index (χ3n) is 4.24. The minimum absolute atomic E-state index is 0.267. The number of nitrogens with zero attached hydrogens (tertiary/aromatic N) is 4. The van der Waals surface area contributed by atoms with Crippen molar-refractivity contribution in [2.45, 2.75) is 57.7 Å². The zero-order valence-corrected chi connectivity index (χ0v) is 11.2. The summed E-state index contributed by atoms with van der Waals surface area (Å²) in [5.74, 6) is 2.12. The third kappa shape index (κ3) is 2.17. The second-order valence-corrected chi connectivity index (χ2v) is 5.50. The number of hydrogen-bond acceptors (Lipinski definition) is 4. The second kappa shape index (κ2) is 4.97. The summed E-state index contributed by atoms with van der Waals surface area (Å²) in [6, 6.07) is 0.696. The van der Waals surface area contributed by atoms with Crippen molar-refractivity contribution in [3.8, 4) is 0 Å². The molecule has 2 aliphatic rings. The number of aromatic nitrogens is 3. The van der Waals surface area contributed by atoms with Gasteiger partial charge in [-0.2, -0.15) is 5.10 Å². The first-order valence-electron chi connectivity index (χ1n) is 7.21. The van der Waals surface area contributed by atoms with E-state index in [2.05, 4.69) is 16.5 Å². The van der Waals surface area contributed by atoms with Crippen molar-refractivity contribution in [3.05, 3.63) is 11.6 Å². The Balaban J connectivity index is 1.83. The predicted octanol–water partition coefficient (Wildman–Crippen LogP) is 1.10. The van der Waals surface area contributed by atoms with Gasteiger partial charge in [0.1, 0.15) is 5.82 Å². The van der Waals surface area contributed by atoms with Crippen LogP contribution in [0.1, 0.15) is 50.3 Å². The molecular formula is C13H23N5. The monoisotopic (exact) mass is 249 g/mol. The van der Waals surface area contributed by atoms with Crippen LogP contribution in [0.5, 0.6) is 0 Å². The highest BCUT2D eigenvalue weighted by molar-refractivity contribution is 5.03. The molecule has 0 saturated carbocycles. The zero-order chi connectivity index (χ0) is 12.5. The van der Waals surface area contributed by atoms with Crippen LogP contribution >= 0.6 is 0 Å². The number of nitrogens with two attached hydrogens (primary N) is 1. The van der Waals surface area contributed by atoms with E-state index in [1.165, 1.54) is 25.8 Å². The van der Waals surface area contributed by atoms with Crippen LogP contribution in [0.25, 0.3) is 0 Å². The van der Waals surface area contributed by atoms with E-state index in [9.17, 15) is 0 Å². The molecule has 2 atom stereocenters. The standard InChI is InChI=1S/C13H23N5/c1-2-17-7-4-3-5-11(17)13-15-12-9-10(14)6-8-18(12)16-13/h10-11H,2-9,14H2,1H3. The van der Waals surface area contributed by atoms with Gasteiger partial charge in [0, 0.05) is 19.0 Å². The molecule has 3 rings (SSSR count). The van der Waals surface area contributed by atoms with Crippen LogP contribution in [-0.2, 0) is 13.0 Å². The summed E-state index contributed by atoms with van der Waals surface area (Å²) >= 11 is 0. The van der Waals surface area contributed by atoms with Gasteiger partial charge in [-0.1, -0.05) is 13.3 Å². The molecule has 0 aromatic carbocycles. The average Bonchev–Trinajstić information content (AvgIpc) is 2.81. The molecule has 0 amide bonds. The van der Waals surface area contributed by atoms with E-state index in [4.69, 9.17) is 15.8 Å². The van der Waals surface area contributed by atoms with Crippen LogP contribution in [0.2, 0.25) is 0 Å². The molecule has 0 bridgehead atoms. The summed E-state index contributed by atoms with van der Waals surface area (Å²) in [6.07, 6.45) is 5.71. The number of piperidine rings is 1. The first-order valence-corrected chi connectivity index (χ1v) is 7.21. The van der Waals surface area contributed by atoms with Gasteiger partial charge in [-0.05, 0) is 32.4 Å². The maximum Gasteiger partial charge on any atom is 0.168 e. The molecule has 0 spiro atoms. The van der Waals surface area contributed by atoms with Gasteiger partial charge >= 0.3 is 0 Å². The fourth-order valence-electron chi connectivity index (χ4n) is 3.15. The van der Waals surface area contributed by atoms with E-state index in [1.54, 1.807) is 0 Å². The van der Waals surface area contributed by atoms with Crippen LogP contribution in [0.15, 0.2) is 0 Å². The van der Waals surface area contributed by atoms with Gasteiger partial charge in [-0.15, -0.1) is 0 Å². The normalized spacial score (nSPS) is 29.2. The largest absolute Gasteiger partial charge is 0.327 e. The maximum atomic E-state index is 6.00. The summed E-state index contributed by atoms with van der Waals surface area (Å²) in [7, 11) is 0. The minimum atomic E-state index is 0.267. The number of aryl methyl sites for hydroxylation is 1. The van der Waals surface area contributed by atoms with Crippen LogP contribution in [-0.4, -0.2) is 38.8 Å². The molecule has 0 radical (unpaired) electrons. The lowest BCUT2D eigenvalue weighted by Gasteiger charge is -2.32. The van der Waals surface area contributed by atoms with E-state index in [0.717, 1.165) is 37.6 Å². The molecule has 1 aromatic rings. The molecule has 1 aromatic heterocycles. The van der Waals surface area contributed by atoms with Crippen molar-refractivity contribution in [1.29, 1.82) is 0 Å². The molecule has 18 heavy (non-hydrogen) atoms. The Morgan fingerprint density at radius 3 is 3.00 bits per heavy atom. The Morgan fingerprint density at radius 1 is 1.28 bits per heavy atom. The van der Waals surface area contributed by atoms with Crippen molar-refractivity contribution in [2.24, 2.45) is 5.73 Å². The van der Waals surface area contributed by atoms with Gasteiger partial charge in [-0.3, -0.25) is 4.90 Å². The quantitative estimate of drug-likeness (QED) is 0.852. The molecule has 5 nitrogen and oxygen atoms in total. The highest BCUT2D eigenvalue weighted by atomic mass is 15.4. The van der Waals surface area contributed by atoms with Crippen LogP contribution in [0.4, 0.5) is 0 Å². The number of rotatable bonds is 2. The van der Waals surface area contributed by atoms with Crippen molar-refractivity contribution in [2.75, 3.05) is 13.1 Å². The topological polar surface area (TPSA) is 60.0 Å². The molecule has 100 valence electrons. The average molecular weight is 249 g/mol. The number of fused-ring (bicyclic) bond motifs is 1. The first kappa shape index (κ1) is 12.1. The lowest BCUT2D eigenvalue weighted by Crippen LogP contribution is -2.33. The van der Waals surface area contributed by atoms with E-state index in [-0.39, 0.29) is 6.04 Å². The van der Waals surface area contributed by atoms with Gasteiger partial charge in [0.15, 0.2) is 5.82 Å². The lowest BCUT2D eigenvalue weighted by molar-refractivity contribution is 0.150. The molecule has 2 N–H and O–H groups in total. The van der Waals surface area contributed by atoms with Crippen LogP contribution < -0.4 is 5.73 Å². The summed E-state index contributed by atoms with van der Waals surface area (Å²) in [5.41, 5.74) is 6.00. The smallest absolute Gasteiger partial charge is 0.168 e. The van der Waals surface area contributed by atoms with E-state index < -0.39 is 0 Å². The molecule has 3 heterocycles. The molecule has 1 saturated heterocycles. The molecule has 5 heteroatoms. The predicted molar refractivity (Wildman–Crippen MR) is 70.2 cm³/mol. The van der Waals surface area contributed by atoms with Crippen LogP contribution in [0, 0.1) is 0 Å². The van der Waals surface area contributed by atoms with Gasteiger partial charge in [0.2, 0.25) is 0 Å². The molecule has 2 unspecified atom stereocenters. The minimum Gasteiger partial charge on any atom is -0.327 e. The Labute approximate surface area is 108 Å². The highest BCUT2D eigenvalue weighted by Crippen LogP contribution is 2.29. The van der Waals surface area contributed by atoms with Crippen molar-refractivity contribution >= 4 is 0 Å². The molecule has 2 aliphatic heterocycles. The SMILES string of the molecule is CCN1CCCCC1c1nc2n(n1)CCC(N)C2. The number of likely N-dealkylation sites (tertiary alicyclic amines) is 1. The fourth-order valence-corrected chi connectivity index (χ4v) is 3.15. The summed E-state index contributed by atoms with van der Waals surface area (Å²) < 4.78 is 2.07. The van der Waals surface area contributed by atoms with E-state index in [0.29, 0.717) is 6.04 Å². The Bertz CT molecular complexity index is 414. The molecular weight excluding hydrogens is 226 g/mol. The van der Waals surface area contributed by atoms with Gasteiger partial charge in [-0.25, -0.2) is 9.67 Å². The van der Waals surface area contributed by atoms with Crippen molar-refractivity contribution < 1.29 is 0 Å². The van der Waals surface area contributed by atoms with Crippen molar-refractivity contribution in [1.82, 2.24) is 19.7 Å². The zero-order valence-electron chi connectivity index (χ0n) is 11.2. The Morgan fingerprint density at radius 2 is 2.17 bits per heavy atom. The van der Waals surface area contributed by atoms with Gasteiger partial charge in [0.05, 0.1) is 6.04 Å². The van der Waals surface area contributed by atoms with Crippen molar-refractivity contribution in [3.63, 3.8) is 0 Å². The summed E-state index contributed by atoms with van der Waals surface area (Å²) in [5, 5.41) is 4.72. The first-order chi connectivity index (χ1) is 8.78. The van der Waals surface area contributed by atoms with Crippen LogP contribution in [0.3, 0.4) is 0 Å². The maximum absolute atomic E-state index is 6.00. The van der Waals surface area contributed by atoms with E-state index in [1.807, 2.05) is 0 Å². The Kier molecular flexibility index (Phi) is 3.35. The lowest BCUT2D eigenvalue weighted by atomic mass is 10.0.